The van der Waals surface area contributed by atoms with Gasteiger partial charge in [-0.25, -0.2) is 4.39 Å². The predicted molar refractivity (Wildman–Crippen MR) is 66.2 cm³/mol. The van der Waals surface area contributed by atoms with Gasteiger partial charge in [-0.1, -0.05) is 11.6 Å². The third-order valence-electron chi connectivity index (χ3n) is 2.64. The molecule has 0 saturated heterocycles. The lowest BCUT2D eigenvalue weighted by atomic mass is 10.1. The molecule has 1 aromatic carbocycles. The lowest BCUT2D eigenvalue weighted by molar-refractivity contribution is -0.384. The van der Waals surface area contributed by atoms with Gasteiger partial charge in [0.15, 0.2) is 0 Å². The first kappa shape index (κ1) is 14.2. The molecule has 0 bridgehead atoms. The van der Waals surface area contributed by atoms with E-state index in [-0.39, 0.29) is 28.9 Å². The average molecular weight is 272 g/mol. The van der Waals surface area contributed by atoms with Crippen LogP contribution in [0.5, 0.6) is 0 Å². The Bertz CT molecular complexity index is 516. The molecule has 1 rings (SSSR count). The second-order valence-electron chi connectivity index (χ2n) is 3.83. The molecular formula is C11H11ClFN3O2. The first-order chi connectivity index (χ1) is 8.38. The number of rotatable bonds is 4. The first-order valence-electron chi connectivity index (χ1n) is 5.11. The molecule has 0 N–H and O–H groups in total. The molecule has 0 spiro atoms. The molecule has 0 amide bonds. The Hall–Kier alpha value is -1.87. The Balaban J connectivity index is 3.26. The number of halogens is 2. The van der Waals surface area contributed by atoms with Gasteiger partial charge in [-0.05, 0) is 13.0 Å². The highest BCUT2D eigenvalue weighted by Crippen LogP contribution is 2.33. The molecular weight excluding hydrogens is 261 g/mol. The number of nitro groups is 1. The van der Waals surface area contributed by atoms with Crippen LogP contribution in [-0.4, -0.2) is 18.0 Å². The van der Waals surface area contributed by atoms with Gasteiger partial charge in [-0.15, -0.1) is 0 Å². The van der Waals surface area contributed by atoms with Crippen LogP contribution < -0.4 is 4.90 Å². The van der Waals surface area contributed by atoms with Crippen LogP contribution in [0.15, 0.2) is 12.1 Å². The van der Waals surface area contributed by atoms with Crippen molar-refractivity contribution in [1.82, 2.24) is 0 Å². The van der Waals surface area contributed by atoms with Crippen LogP contribution >= 0.6 is 11.6 Å². The summed E-state index contributed by atoms with van der Waals surface area (Å²) < 4.78 is 13.2. The quantitative estimate of drug-likeness (QED) is 0.623. The molecule has 1 unspecified atom stereocenters. The summed E-state index contributed by atoms with van der Waals surface area (Å²) in [6.07, 6.45) is 0.197. The topological polar surface area (TPSA) is 70.2 Å². The molecule has 0 aliphatic rings. The summed E-state index contributed by atoms with van der Waals surface area (Å²) in [6, 6.07) is 3.72. The number of benzene rings is 1. The van der Waals surface area contributed by atoms with E-state index >= 15 is 0 Å². The summed E-state index contributed by atoms with van der Waals surface area (Å²) in [5.74, 6) is -0.839. The predicted octanol–water partition coefficient (Wildman–Crippen LogP) is 3.13. The van der Waals surface area contributed by atoms with Gasteiger partial charge in [0.2, 0.25) is 0 Å². The van der Waals surface area contributed by atoms with Crippen molar-refractivity contribution in [2.45, 2.75) is 19.4 Å². The fourth-order valence-electron chi connectivity index (χ4n) is 1.46. The highest BCUT2D eigenvalue weighted by molar-refractivity contribution is 6.31. The van der Waals surface area contributed by atoms with Crippen LogP contribution in [0.25, 0.3) is 0 Å². The third-order valence-corrected chi connectivity index (χ3v) is 2.93. The maximum atomic E-state index is 13.2. The molecule has 0 saturated carbocycles. The van der Waals surface area contributed by atoms with Crippen molar-refractivity contribution in [3.05, 3.63) is 33.1 Å². The van der Waals surface area contributed by atoms with Gasteiger partial charge < -0.3 is 4.90 Å². The zero-order valence-electron chi connectivity index (χ0n) is 9.85. The van der Waals surface area contributed by atoms with Crippen LogP contribution in [0, 0.1) is 27.3 Å². The summed E-state index contributed by atoms with van der Waals surface area (Å²) in [6.45, 7) is 1.74. The van der Waals surface area contributed by atoms with Gasteiger partial charge in [-0.2, -0.15) is 5.26 Å². The Labute approximate surface area is 109 Å². The van der Waals surface area contributed by atoms with E-state index in [2.05, 4.69) is 0 Å². The third kappa shape index (κ3) is 2.87. The van der Waals surface area contributed by atoms with Gasteiger partial charge >= 0.3 is 0 Å². The van der Waals surface area contributed by atoms with E-state index in [1.54, 1.807) is 14.0 Å². The maximum Gasteiger partial charge on any atom is 0.295 e. The monoisotopic (exact) mass is 271 g/mol. The molecule has 7 heteroatoms. The van der Waals surface area contributed by atoms with Gasteiger partial charge in [0, 0.05) is 13.1 Å². The Morgan fingerprint density at radius 1 is 1.67 bits per heavy atom. The fourth-order valence-corrected chi connectivity index (χ4v) is 1.62. The highest BCUT2D eigenvalue weighted by atomic mass is 35.5. The first-order valence-corrected chi connectivity index (χ1v) is 5.49. The van der Waals surface area contributed by atoms with Gasteiger partial charge in [0.25, 0.3) is 5.69 Å². The van der Waals surface area contributed by atoms with Crippen molar-refractivity contribution >= 4 is 23.0 Å². The number of anilines is 1. The van der Waals surface area contributed by atoms with E-state index in [1.165, 1.54) is 11.0 Å². The molecule has 0 radical (unpaired) electrons. The second-order valence-corrected chi connectivity index (χ2v) is 4.24. The number of nitrogens with zero attached hydrogens (tertiary/aromatic N) is 3. The molecule has 1 atom stereocenters. The zero-order chi connectivity index (χ0) is 13.9. The van der Waals surface area contributed by atoms with Crippen molar-refractivity contribution in [2.24, 2.45) is 0 Å². The summed E-state index contributed by atoms with van der Waals surface area (Å²) in [7, 11) is 1.60. The lowest BCUT2D eigenvalue weighted by Crippen LogP contribution is -2.29. The number of hydrogen-bond donors (Lipinski definition) is 0. The minimum atomic E-state index is -0.839. The Morgan fingerprint density at radius 3 is 2.78 bits per heavy atom. The van der Waals surface area contributed by atoms with E-state index in [0.29, 0.717) is 0 Å². The summed E-state index contributed by atoms with van der Waals surface area (Å²) in [5.41, 5.74) is -0.182. The molecule has 0 aliphatic carbocycles. The standard InChI is InChI=1S/C11H11ClFN3O2/c1-7(3-4-14)15(2)10-5-8(12)9(13)6-11(10)16(17)18/h5-7H,3H2,1-2H3. The van der Waals surface area contributed by atoms with Crippen molar-refractivity contribution in [1.29, 1.82) is 5.26 Å². The van der Waals surface area contributed by atoms with Gasteiger partial charge in [0.1, 0.15) is 11.5 Å². The van der Waals surface area contributed by atoms with Crippen LogP contribution in [0.3, 0.4) is 0 Å². The minimum Gasteiger partial charge on any atom is -0.365 e. The van der Waals surface area contributed by atoms with Crippen molar-refractivity contribution < 1.29 is 9.31 Å². The molecule has 96 valence electrons. The van der Waals surface area contributed by atoms with Crippen LogP contribution in [0.2, 0.25) is 5.02 Å². The van der Waals surface area contributed by atoms with Gasteiger partial charge in [-0.3, -0.25) is 10.1 Å². The van der Waals surface area contributed by atoms with Crippen molar-refractivity contribution in [3.63, 3.8) is 0 Å². The smallest absolute Gasteiger partial charge is 0.295 e. The SMILES string of the molecule is CC(CC#N)N(C)c1cc(Cl)c(F)cc1[N+](=O)[O-]. The average Bonchev–Trinajstić information content (AvgIpc) is 2.31. The summed E-state index contributed by atoms with van der Waals surface area (Å²) in [5, 5.41) is 19.3. The van der Waals surface area contributed by atoms with Crippen molar-refractivity contribution in [2.75, 3.05) is 11.9 Å². The van der Waals surface area contributed by atoms with Crippen molar-refractivity contribution in [3.8, 4) is 6.07 Å². The Kier molecular flexibility index (Phi) is 4.45. The summed E-state index contributed by atoms with van der Waals surface area (Å²) in [4.78, 5) is 11.7. The molecule has 0 aliphatic heterocycles. The highest BCUT2D eigenvalue weighted by Gasteiger charge is 2.23. The maximum absolute atomic E-state index is 13.2. The van der Waals surface area contributed by atoms with Gasteiger partial charge in [0.05, 0.1) is 28.5 Å². The van der Waals surface area contributed by atoms with Crippen LogP contribution in [-0.2, 0) is 0 Å². The summed E-state index contributed by atoms with van der Waals surface area (Å²) >= 11 is 5.63. The molecule has 1 aromatic rings. The van der Waals surface area contributed by atoms with E-state index in [0.717, 1.165) is 6.07 Å². The number of nitro benzene ring substituents is 1. The molecule has 0 fully saturated rings. The number of hydrogen-bond acceptors (Lipinski definition) is 4. The normalized spacial score (nSPS) is 11.7. The van der Waals surface area contributed by atoms with E-state index in [9.17, 15) is 14.5 Å². The second kappa shape index (κ2) is 5.65. The fraction of sp³-hybridized carbons (Fsp3) is 0.364. The van der Waals surface area contributed by atoms with Crippen LogP contribution in [0.4, 0.5) is 15.8 Å². The van der Waals surface area contributed by atoms with E-state index < -0.39 is 10.7 Å². The minimum absolute atomic E-state index is 0.188. The van der Waals surface area contributed by atoms with E-state index in [4.69, 9.17) is 16.9 Å². The molecule has 5 nitrogen and oxygen atoms in total. The molecule has 0 heterocycles. The largest absolute Gasteiger partial charge is 0.365 e. The van der Waals surface area contributed by atoms with Crippen LogP contribution in [0.1, 0.15) is 13.3 Å². The Morgan fingerprint density at radius 2 is 2.28 bits per heavy atom. The molecule has 0 aromatic heterocycles. The van der Waals surface area contributed by atoms with E-state index in [1.807, 2.05) is 6.07 Å². The molecule has 18 heavy (non-hydrogen) atoms. The number of nitriles is 1. The zero-order valence-corrected chi connectivity index (χ0v) is 10.6. The lowest BCUT2D eigenvalue weighted by Gasteiger charge is -2.25.